The van der Waals surface area contributed by atoms with Crippen LogP contribution in [0.25, 0.3) is 0 Å². The third-order valence-electron chi connectivity index (χ3n) is 1.73. The fraction of sp³-hybridized carbons (Fsp3) is 0.300. The standard InChI is InChI=1S/C10H10BrClO2/c1-7(9(13)6-12)14-10-5-3-2-4-8(10)11/h2-5,7H,6H2,1H3. The van der Waals surface area contributed by atoms with Gasteiger partial charge in [0.25, 0.3) is 0 Å². The minimum absolute atomic E-state index is 0.0222. The Morgan fingerprint density at radius 2 is 2.21 bits per heavy atom. The van der Waals surface area contributed by atoms with Crippen LogP contribution in [0.3, 0.4) is 0 Å². The molecule has 0 spiro atoms. The van der Waals surface area contributed by atoms with Crippen LogP contribution < -0.4 is 4.74 Å². The number of ether oxygens (including phenoxy) is 1. The third kappa shape index (κ3) is 3.00. The van der Waals surface area contributed by atoms with Crippen LogP contribution in [0, 0.1) is 0 Å². The average Bonchev–Trinajstić information content (AvgIpc) is 2.20. The molecule has 0 fully saturated rings. The summed E-state index contributed by atoms with van der Waals surface area (Å²) in [5, 5.41) is 0. The van der Waals surface area contributed by atoms with Crippen LogP contribution >= 0.6 is 27.5 Å². The monoisotopic (exact) mass is 276 g/mol. The molecule has 0 bridgehead atoms. The SMILES string of the molecule is CC(Oc1ccccc1Br)C(=O)CCl. The summed E-state index contributed by atoms with van der Waals surface area (Å²) in [6.07, 6.45) is -0.508. The highest BCUT2D eigenvalue weighted by Crippen LogP contribution is 2.24. The molecule has 1 aromatic carbocycles. The maximum atomic E-state index is 11.2. The summed E-state index contributed by atoms with van der Waals surface area (Å²) in [7, 11) is 0. The number of ketones is 1. The minimum Gasteiger partial charge on any atom is -0.482 e. The fourth-order valence-corrected chi connectivity index (χ4v) is 1.50. The van der Waals surface area contributed by atoms with Crippen LogP contribution in [0.4, 0.5) is 0 Å². The van der Waals surface area contributed by atoms with Crippen LogP contribution in [-0.2, 0) is 4.79 Å². The van der Waals surface area contributed by atoms with E-state index in [4.69, 9.17) is 16.3 Å². The van der Waals surface area contributed by atoms with Gasteiger partial charge in [-0.15, -0.1) is 11.6 Å². The van der Waals surface area contributed by atoms with E-state index in [1.165, 1.54) is 0 Å². The second-order valence-corrected chi connectivity index (χ2v) is 3.91. The van der Waals surface area contributed by atoms with Crippen LogP contribution in [0.1, 0.15) is 6.92 Å². The molecule has 76 valence electrons. The van der Waals surface area contributed by atoms with Gasteiger partial charge in [0.1, 0.15) is 5.75 Å². The van der Waals surface area contributed by atoms with Crippen LogP contribution in [0.2, 0.25) is 0 Å². The molecule has 14 heavy (non-hydrogen) atoms. The average molecular weight is 278 g/mol. The Morgan fingerprint density at radius 1 is 1.57 bits per heavy atom. The largest absolute Gasteiger partial charge is 0.482 e. The molecule has 0 amide bonds. The van der Waals surface area contributed by atoms with Crippen molar-refractivity contribution in [1.82, 2.24) is 0 Å². The Hall–Kier alpha value is -0.540. The Balaban J connectivity index is 2.69. The number of Topliss-reactive ketones (excluding diaryl/α,β-unsaturated/α-hetero) is 1. The highest BCUT2D eigenvalue weighted by Gasteiger charge is 2.13. The number of hydrogen-bond donors (Lipinski definition) is 0. The van der Waals surface area contributed by atoms with Gasteiger partial charge in [-0.25, -0.2) is 0 Å². The van der Waals surface area contributed by atoms with Crippen LogP contribution in [0.5, 0.6) is 5.75 Å². The number of rotatable bonds is 4. The van der Waals surface area contributed by atoms with Gasteiger partial charge in [0.15, 0.2) is 11.9 Å². The number of benzene rings is 1. The first-order valence-electron chi connectivity index (χ1n) is 4.15. The predicted molar refractivity (Wildman–Crippen MR) is 60.0 cm³/mol. The zero-order valence-corrected chi connectivity index (χ0v) is 10.0. The molecule has 0 aliphatic rings. The molecule has 0 saturated heterocycles. The van der Waals surface area contributed by atoms with Gasteiger partial charge in [-0.3, -0.25) is 4.79 Å². The molecule has 4 heteroatoms. The Morgan fingerprint density at radius 3 is 2.79 bits per heavy atom. The first-order valence-corrected chi connectivity index (χ1v) is 5.47. The van der Waals surface area contributed by atoms with E-state index >= 15 is 0 Å². The fourth-order valence-electron chi connectivity index (χ4n) is 0.905. The summed E-state index contributed by atoms with van der Waals surface area (Å²) in [6.45, 7) is 1.68. The van der Waals surface area contributed by atoms with Crippen molar-refractivity contribution < 1.29 is 9.53 Å². The van der Waals surface area contributed by atoms with E-state index in [-0.39, 0.29) is 11.7 Å². The van der Waals surface area contributed by atoms with E-state index < -0.39 is 6.10 Å². The molecule has 0 aromatic heterocycles. The number of alkyl halides is 1. The first-order chi connectivity index (χ1) is 6.65. The summed E-state index contributed by atoms with van der Waals surface area (Å²) in [4.78, 5) is 11.2. The summed E-state index contributed by atoms with van der Waals surface area (Å²) in [6, 6.07) is 7.37. The molecule has 0 aliphatic carbocycles. The van der Waals surface area contributed by atoms with Crippen molar-refractivity contribution in [2.45, 2.75) is 13.0 Å². The summed E-state index contributed by atoms with van der Waals surface area (Å²) < 4.78 is 6.24. The van der Waals surface area contributed by atoms with E-state index in [1.54, 1.807) is 13.0 Å². The van der Waals surface area contributed by atoms with Crippen molar-refractivity contribution in [1.29, 1.82) is 0 Å². The Bertz CT molecular complexity index is 328. The molecule has 1 rings (SSSR count). The quantitative estimate of drug-likeness (QED) is 0.791. The van der Waals surface area contributed by atoms with Gasteiger partial charge in [0.05, 0.1) is 10.4 Å². The van der Waals surface area contributed by atoms with E-state index in [9.17, 15) is 4.79 Å². The van der Waals surface area contributed by atoms with Gasteiger partial charge in [0.2, 0.25) is 0 Å². The lowest BCUT2D eigenvalue weighted by molar-refractivity contribution is -0.122. The molecule has 0 heterocycles. The zero-order valence-electron chi connectivity index (χ0n) is 7.67. The van der Waals surface area contributed by atoms with Gasteiger partial charge < -0.3 is 4.74 Å². The molecule has 1 atom stereocenters. The van der Waals surface area contributed by atoms with Gasteiger partial charge in [0, 0.05) is 0 Å². The number of para-hydroxylation sites is 1. The van der Waals surface area contributed by atoms with Gasteiger partial charge in [-0.1, -0.05) is 12.1 Å². The summed E-state index contributed by atoms with van der Waals surface area (Å²) >= 11 is 8.74. The number of carbonyl (C=O) groups is 1. The molecule has 0 radical (unpaired) electrons. The topological polar surface area (TPSA) is 26.3 Å². The van der Waals surface area contributed by atoms with E-state index in [0.717, 1.165) is 4.47 Å². The smallest absolute Gasteiger partial charge is 0.187 e. The van der Waals surface area contributed by atoms with Crippen molar-refractivity contribution in [3.05, 3.63) is 28.7 Å². The van der Waals surface area contributed by atoms with Crippen molar-refractivity contribution in [3.8, 4) is 5.75 Å². The number of carbonyl (C=O) groups excluding carboxylic acids is 1. The van der Waals surface area contributed by atoms with E-state index in [0.29, 0.717) is 5.75 Å². The van der Waals surface area contributed by atoms with Crippen molar-refractivity contribution in [2.75, 3.05) is 5.88 Å². The summed E-state index contributed by atoms with van der Waals surface area (Å²) in [5.41, 5.74) is 0. The zero-order chi connectivity index (χ0) is 10.6. The second kappa shape index (κ2) is 5.37. The highest BCUT2D eigenvalue weighted by atomic mass is 79.9. The first kappa shape index (κ1) is 11.5. The van der Waals surface area contributed by atoms with Crippen molar-refractivity contribution in [3.63, 3.8) is 0 Å². The highest BCUT2D eigenvalue weighted by molar-refractivity contribution is 9.10. The minimum atomic E-state index is -0.508. The normalized spacial score (nSPS) is 12.2. The molecule has 0 saturated carbocycles. The molecule has 1 aromatic rings. The molecule has 0 N–H and O–H groups in total. The number of halogens is 2. The lowest BCUT2D eigenvalue weighted by Gasteiger charge is -2.13. The Kier molecular flexibility index (Phi) is 4.42. The van der Waals surface area contributed by atoms with Crippen LogP contribution in [0.15, 0.2) is 28.7 Å². The molecular weight excluding hydrogens is 267 g/mol. The van der Waals surface area contributed by atoms with Gasteiger partial charge in [-0.05, 0) is 35.0 Å². The lowest BCUT2D eigenvalue weighted by atomic mass is 10.3. The van der Waals surface area contributed by atoms with Gasteiger partial charge >= 0.3 is 0 Å². The lowest BCUT2D eigenvalue weighted by Crippen LogP contribution is -2.24. The molecule has 1 unspecified atom stereocenters. The molecule has 0 aliphatic heterocycles. The second-order valence-electron chi connectivity index (χ2n) is 2.79. The van der Waals surface area contributed by atoms with Gasteiger partial charge in [-0.2, -0.15) is 0 Å². The van der Waals surface area contributed by atoms with E-state index in [1.807, 2.05) is 18.2 Å². The Labute approximate surface area is 96.3 Å². The predicted octanol–water partition coefficient (Wildman–Crippen LogP) is 3.02. The van der Waals surface area contributed by atoms with E-state index in [2.05, 4.69) is 15.9 Å². The van der Waals surface area contributed by atoms with Crippen molar-refractivity contribution in [2.24, 2.45) is 0 Å². The molecule has 2 nitrogen and oxygen atoms in total. The maximum absolute atomic E-state index is 11.2. The summed E-state index contributed by atoms with van der Waals surface area (Å²) in [5.74, 6) is 0.506. The number of hydrogen-bond acceptors (Lipinski definition) is 2. The van der Waals surface area contributed by atoms with Crippen LogP contribution in [-0.4, -0.2) is 17.8 Å². The maximum Gasteiger partial charge on any atom is 0.187 e. The molecular formula is C10H10BrClO2. The third-order valence-corrected chi connectivity index (χ3v) is 2.64. The van der Waals surface area contributed by atoms with Crippen molar-refractivity contribution >= 4 is 33.3 Å².